The second-order valence-corrected chi connectivity index (χ2v) is 6.16. The minimum absolute atomic E-state index is 0.253. The third kappa shape index (κ3) is 2.64. The molecule has 0 unspecified atom stereocenters. The lowest BCUT2D eigenvalue weighted by Gasteiger charge is -2.15. The third-order valence-electron chi connectivity index (χ3n) is 2.65. The van der Waals surface area contributed by atoms with Crippen LogP contribution < -0.4 is 0 Å². The van der Waals surface area contributed by atoms with E-state index in [-0.39, 0.29) is 11.2 Å². The molecule has 1 aromatic heterocycles. The lowest BCUT2D eigenvalue weighted by atomic mass is 9.92. The number of carbonyl (C=O) groups is 1. The molecule has 1 fully saturated rings. The van der Waals surface area contributed by atoms with Gasteiger partial charge in [-0.2, -0.15) is 0 Å². The molecule has 0 spiro atoms. The molecule has 1 aliphatic rings. The van der Waals surface area contributed by atoms with Crippen molar-refractivity contribution >= 4 is 17.5 Å². The van der Waals surface area contributed by atoms with E-state index in [1.165, 1.54) is 24.6 Å². The van der Waals surface area contributed by atoms with Crippen LogP contribution in [0.15, 0.2) is 11.5 Å². The van der Waals surface area contributed by atoms with Crippen LogP contribution in [0.2, 0.25) is 0 Å². The fourth-order valence-electron chi connectivity index (χ4n) is 1.29. The fraction of sp³-hybridized carbons (Fsp3) is 0.727. The maximum atomic E-state index is 11.8. The summed E-state index contributed by atoms with van der Waals surface area (Å²) in [6.45, 7) is 5.84. The molecule has 0 atom stereocenters. The summed E-state index contributed by atoms with van der Waals surface area (Å²) < 4.78 is 2.08. The molecule has 88 valence electrons. The smallest absolute Gasteiger partial charge is 0.191 e. The second-order valence-electron chi connectivity index (χ2n) is 5.21. The summed E-state index contributed by atoms with van der Waals surface area (Å²) in [5.74, 6) is 0.734. The van der Waals surface area contributed by atoms with Gasteiger partial charge in [0.2, 0.25) is 0 Å². The second kappa shape index (κ2) is 4.20. The Morgan fingerprint density at radius 3 is 2.81 bits per heavy atom. The highest BCUT2D eigenvalue weighted by atomic mass is 32.2. The molecule has 1 saturated carbocycles. The molecule has 0 amide bonds. The fourth-order valence-corrected chi connectivity index (χ4v) is 2.43. The summed E-state index contributed by atoms with van der Waals surface area (Å²) in [5, 5.41) is 8.83. The van der Waals surface area contributed by atoms with E-state index in [0.717, 1.165) is 5.16 Å². The van der Waals surface area contributed by atoms with Gasteiger partial charge in [-0.3, -0.25) is 4.79 Å². The van der Waals surface area contributed by atoms with Crippen molar-refractivity contribution in [2.75, 3.05) is 5.75 Å². The topological polar surface area (TPSA) is 47.8 Å². The number of aromatic nitrogens is 3. The Labute approximate surface area is 99.8 Å². The zero-order valence-electron chi connectivity index (χ0n) is 9.93. The number of hydrogen-bond acceptors (Lipinski definition) is 4. The molecule has 0 aromatic carbocycles. The highest BCUT2D eigenvalue weighted by Gasteiger charge is 2.27. The number of hydrogen-bond donors (Lipinski definition) is 0. The molecular formula is C11H17N3OS. The Bertz CT molecular complexity index is 390. The van der Waals surface area contributed by atoms with E-state index < -0.39 is 0 Å². The van der Waals surface area contributed by atoms with Gasteiger partial charge in [-0.1, -0.05) is 32.5 Å². The largest absolute Gasteiger partial charge is 0.306 e. The van der Waals surface area contributed by atoms with E-state index in [1.54, 1.807) is 6.33 Å². The summed E-state index contributed by atoms with van der Waals surface area (Å²) in [5.41, 5.74) is -0.266. The number of nitrogens with zero attached hydrogens (tertiary/aromatic N) is 3. The van der Waals surface area contributed by atoms with Crippen LogP contribution in [0, 0.1) is 5.41 Å². The number of thioether (sulfide) groups is 1. The van der Waals surface area contributed by atoms with E-state index in [2.05, 4.69) is 14.8 Å². The normalized spacial score (nSPS) is 16.4. The summed E-state index contributed by atoms with van der Waals surface area (Å²) in [6.07, 6.45) is 4.18. The van der Waals surface area contributed by atoms with Gasteiger partial charge in [-0.25, -0.2) is 0 Å². The van der Waals surface area contributed by atoms with E-state index in [1.807, 2.05) is 20.8 Å². The Morgan fingerprint density at radius 1 is 1.56 bits per heavy atom. The Balaban J connectivity index is 1.94. The molecule has 0 saturated heterocycles. The lowest BCUT2D eigenvalue weighted by molar-refractivity contribution is -0.123. The molecule has 1 aromatic rings. The minimum atomic E-state index is -0.266. The lowest BCUT2D eigenvalue weighted by Crippen LogP contribution is -2.22. The zero-order valence-corrected chi connectivity index (χ0v) is 10.8. The van der Waals surface area contributed by atoms with Gasteiger partial charge in [0.05, 0.1) is 5.75 Å². The zero-order chi connectivity index (χ0) is 11.8. The predicted octanol–water partition coefficient (Wildman–Crippen LogP) is 2.32. The highest BCUT2D eigenvalue weighted by Crippen LogP contribution is 2.37. The van der Waals surface area contributed by atoms with Gasteiger partial charge in [-0.05, 0) is 12.8 Å². The summed E-state index contributed by atoms with van der Waals surface area (Å²) in [4.78, 5) is 11.8. The van der Waals surface area contributed by atoms with Crippen LogP contribution in [0.1, 0.15) is 39.7 Å². The van der Waals surface area contributed by atoms with Crippen LogP contribution in [-0.2, 0) is 4.79 Å². The maximum Gasteiger partial charge on any atom is 0.191 e. The molecular weight excluding hydrogens is 222 g/mol. The van der Waals surface area contributed by atoms with Crippen LogP contribution in [0.3, 0.4) is 0 Å². The van der Waals surface area contributed by atoms with Gasteiger partial charge in [0, 0.05) is 11.5 Å². The molecule has 16 heavy (non-hydrogen) atoms. The molecule has 0 aliphatic heterocycles. The van der Waals surface area contributed by atoms with Crippen molar-refractivity contribution in [2.45, 2.75) is 44.8 Å². The summed E-state index contributed by atoms with van der Waals surface area (Å²) in [7, 11) is 0. The third-order valence-corrected chi connectivity index (χ3v) is 3.61. The molecule has 4 nitrogen and oxygen atoms in total. The minimum Gasteiger partial charge on any atom is -0.306 e. The first-order chi connectivity index (χ1) is 7.48. The van der Waals surface area contributed by atoms with E-state index in [9.17, 15) is 4.79 Å². The van der Waals surface area contributed by atoms with Crippen molar-refractivity contribution in [3.05, 3.63) is 6.33 Å². The number of rotatable bonds is 4. The monoisotopic (exact) mass is 239 g/mol. The van der Waals surface area contributed by atoms with E-state index >= 15 is 0 Å². The maximum absolute atomic E-state index is 11.8. The van der Waals surface area contributed by atoms with E-state index in [0.29, 0.717) is 11.8 Å². The van der Waals surface area contributed by atoms with Crippen LogP contribution in [0.5, 0.6) is 0 Å². The number of carbonyl (C=O) groups excluding carboxylic acids is 1. The molecule has 5 heteroatoms. The summed E-state index contributed by atoms with van der Waals surface area (Å²) in [6, 6.07) is 0.572. The Morgan fingerprint density at radius 2 is 2.25 bits per heavy atom. The Hall–Kier alpha value is -0.840. The van der Waals surface area contributed by atoms with Crippen LogP contribution in [0.25, 0.3) is 0 Å². The molecule has 0 N–H and O–H groups in total. The summed E-state index contributed by atoms with van der Waals surface area (Å²) >= 11 is 1.50. The van der Waals surface area contributed by atoms with Crippen molar-refractivity contribution in [3.63, 3.8) is 0 Å². The Kier molecular flexibility index (Phi) is 3.06. The van der Waals surface area contributed by atoms with Crippen molar-refractivity contribution in [1.82, 2.24) is 14.8 Å². The highest BCUT2D eigenvalue weighted by molar-refractivity contribution is 7.99. The predicted molar refractivity (Wildman–Crippen MR) is 63.5 cm³/mol. The van der Waals surface area contributed by atoms with Gasteiger partial charge < -0.3 is 4.57 Å². The number of ketones is 1. The molecule has 0 radical (unpaired) electrons. The number of Topliss-reactive ketones (excluding diaryl/α,β-unsaturated/α-hetero) is 1. The first-order valence-electron chi connectivity index (χ1n) is 5.54. The van der Waals surface area contributed by atoms with Gasteiger partial charge in [0.15, 0.2) is 5.16 Å². The average Bonchev–Trinajstić information content (AvgIpc) is 2.93. The molecule has 2 rings (SSSR count). The molecule has 1 heterocycles. The standard InChI is InChI=1S/C11H17N3OS/c1-11(2,3)9(15)6-16-10-13-12-7-14(10)8-4-5-8/h7-8H,4-6H2,1-3H3. The van der Waals surface area contributed by atoms with Crippen LogP contribution in [0.4, 0.5) is 0 Å². The van der Waals surface area contributed by atoms with E-state index in [4.69, 9.17) is 0 Å². The van der Waals surface area contributed by atoms with Crippen molar-refractivity contribution in [3.8, 4) is 0 Å². The average molecular weight is 239 g/mol. The van der Waals surface area contributed by atoms with Gasteiger partial charge in [0.25, 0.3) is 0 Å². The van der Waals surface area contributed by atoms with Crippen molar-refractivity contribution < 1.29 is 4.79 Å². The van der Waals surface area contributed by atoms with Crippen molar-refractivity contribution in [2.24, 2.45) is 5.41 Å². The van der Waals surface area contributed by atoms with Crippen LogP contribution >= 0.6 is 11.8 Å². The van der Waals surface area contributed by atoms with Crippen molar-refractivity contribution in [1.29, 1.82) is 0 Å². The first kappa shape index (κ1) is 11.6. The van der Waals surface area contributed by atoms with Gasteiger partial charge in [-0.15, -0.1) is 10.2 Å². The molecule has 1 aliphatic carbocycles. The van der Waals surface area contributed by atoms with Gasteiger partial charge >= 0.3 is 0 Å². The molecule has 0 bridgehead atoms. The quantitative estimate of drug-likeness (QED) is 0.757. The first-order valence-corrected chi connectivity index (χ1v) is 6.52. The van der Waals surface area contributed by atoms with Gasteiger partial charge in [0.1, 0.15) is 12.1 Å². The SMILES string of the molecule is CC(C)(C)C(=O)CSc1nncn1C1CC1. The van der Waals surface area contributed by atoms with Crippen LogP contribution in [-0.4, -0.2) is 26.3 Å².